The molecule has 0 aliphatic carbocycles. The van der Waals surface area contributed by atoms with Crippen molar-refractivity contribution in [3.8, 4) is 23.0 Å². The van der Waals surface area contributed by atoms with Crippen LogP contribution in [0.2, 0.25) is 0 Å². The Hall–Kier alpha value is -2.78. The van der Waals surface area contributed by atoms with Gasteiger partial charge in [-0.25, -0.2) is 4.99 Å². The molecule has 0 spiro atoms. The molecule has 7 nitrogen and oxygen atoms in total. The maximum Gasteiger partial charge on any atom is 0.277 e. The fourth-order valence-electron chi connectivity index (χ4n) is 2.85. The summed E-state index contributed by atoms with van der Waals surface area (Å²) in [4.78, 5) is 18.5. The number of phenols is 2. The predicted molar refractivity (Wildman–Crippen MR) is 122 cm³/mol. The summed E-state index contributed by atoms with van der Waals surface area (Å²) >= 11 is 6.58. The molecule has 0 aromatic heterocycles. The van der Waals surface area contributed by atoms with Crippen LogP contribution in [-0.4, -0.2) is 48.1 Å². The van der Waals surface area contributed by atoms with Crippen LogP contribution < -0.4 is 9.47 Å². The quantitative estimate of drug-likeness (QED) is 0.545. The molecule has 1 amide bonds. The Morgan fingerprint density at radius 3 is 2.27 bits per heavy atom. The minimum absolute atomic E-state index is 0.0651. The van der Waals surface area contributed by atoms with Crippen LogP contribution in [0.1, 0.15) is 11.1 Å². The summed E-state index contributed by atoms with van der Waals surface area (Å²) in [5, 5.41) is 19.7. The molecule has 0 radical (unpaired) electrons. The van der Waals surface area contributed by atoms with Gasteiger partial charge in [-0.1, -0.05) is 6.08 Å². The number of nitrogens with zero attached hydrogens (tertiary/aromatic N) is 2. The lowest BCUT2D eigenvalue weighted by Crippen LogP contribution is -2.26. The standard InChI is InChI=1S/C21H18Br2N2O5/c1-25-17(7-4-11-8-13(22)18(27)14(23)9-11)24-15(21(25)28)10-12-5-6-16(26)20(30-3)19(12)29-2/h4-10,26-27H,1-3H3/b7-4+,15-10-. The van der Waals surface area contributed by atoms with E-state index in [1.54, 1.807) is 43.5 Å². The van der Waals surface area contributed by atoms with Gasteiger partial charge in [0.25, 0.3) is 5.91 Å². The highest BCUT2D eigenvalue weighted by molar-refractivity contribution is 9.11. The molecular formula is C21H18Br2N2O5. The van der Waals surface area contributed by atoms with E-state index in [1.165, 1.54) is 25.2 Å². The molecule has 0 unspecified atom stereocenters. The molecular weight excluding hydrogens is 520 g/mol. The Bertz CT molecular complexity index is 1090. The zero-order valence-electron chi connectivity index (χ0n) is 16.3. The van der Waals surface area contributed by atoms with Crippen molar-refractivity contribution in [2.45, 2.75) is 0 Å². The molecule has 2 N–H and O–H groups in total. The first-order valence-electron chi connectivity index (χ1n) is 8.65. The highest BCUT2D eigenvalue weighted by Crippen LogP contribution is 2.40. The number of benzene rings is 2. The Balaban J connectivity index is 1.96. The zero-order valence-corrected chi connectivity index (χ0v) is 19.5. The number of methoxy groups -OCH3 is 2. The normalized spacial score (nSPS) is 15.2. The molecule has 3 rings (SSSR count). The number of aromatic hydroxyl groups is 2. The summed E-state index contributed by atoms with van der Waals surface area (Å²) in [6.07, 6.45) is 5.07. The average Bonchev–Trinajstić information content (AvgIpc) is 2.99. The number of likely N-dealkylation sites (N-methyl/N-ethyl adjacent to an activating group) is 1. The number of ether oxygens (including phenoxy) is 2. The number of hydrogen-bond acceptors (Lipinski definition) is 6. The second kappa shape index (κ2) is 8.93. The van der Waals surface area contributed by atoms with E-state index < -0.39 is 0 Å². The lowest BCUT2D eigenvalue weighted by Gasteiger charge is -2.12. The highest BCUT2D eigenvalue weighted by atomic mass is 79.9. The van der Waals surface area contributed by atoms with E-state index in [-0.39, 0.29) is 28.9 Å². The number of amides is 1. The minimum Gasteiger partial charge on any atom is -0.506 e. The maximum atomic E-state index is 12.6. The minimum atomic E-state index is -0.281. The number of amidine groups is 1. The van der Waals surface area contributed by atoms with Gasteiger partial charge in [0.1, 0.15) is 17.3 Å². The van der Waals surface area contributed by atoms with Crippen LogP contribution >= 0.6 is 31.9 Å². The van der Waals surface area contributed by atoms with Gasteiger partial charge in [0, 0.05) is 12.6 Å². The first-order valence-corrected chi connectivity index (χ1v) is 10.2. The van der Waals surface area contributed by atoms with Gasteiger partial charge in [0.05, 0.1) is 23.2 Å². The van der Waals surface area contributed by atoms with Crippen LogP contribution in [0.5, 0.6) is 23.0 Å². The topological polar surface area (TPSA) is 91.6 Å². The van der Waals surface area contributed by atoms with E-state index in [2.05, 4.69) is 36.9 Å². The Kier molecular flexibility index (Phi) is 6.52. The van der Waals surface area contributed by atoms with Crippen LogP contribution in [0.4, 0.5) is 0 Å². The third kappa shape index (κ3) is 4.22. The fourth-order valence-corrected chi connectivity index (χ4v) is 4.08. The molecule has 0 bridgehead atoms. The van der Waals surface area contributed by atoms with Crippen LogP contribution in [0, 0.1) is 0 Å². The number of halogens is 2. The van der Waals surface area contributed by atoms with Crippen molar-refractivity contribution in [3.05, 3.63) is 56.1 Å². The first-order chi connectivity index (χ1) is 14.3. The smallest absolute Gasteiger partial charge is 0.277 e. The summed E-state index contributed by atoms with van der Waals surface area (Å²) in [5.41, 5.74) is 1.57. The lowest BCUT2D eigenvalue weighted by molar-refractivity contribution is -0.121. The van der Waals surface area contributed by atoms with Gasteiger partial charge in [-0.3, -0.25) is 9.69 Å². The van der Waals surface area contributed by atoms with E-state index in [9.17, 15) is 15.0 Å². The molecule has 2 aromatic carbocycles. The Morgan fingerprint density at radius 1 is 1.03 bits per heavy atom. The molecule has 0 fully saturated rings. The lowest BCUT2D eigenvalue weighted by atomic mass is 10.1. The van der Waals surface area contributed by atoms with Crippen molar-refractivity contribution < 1.29 is 24.5 Å². The van der Waals surface area contributed by atoms with Crippen molar-refractivity contribution in [2.24, 2.45) is 4.99 Å². The third-order valence-electron chi connectivity index (χ3n) is 4.39. The van der Waals surface area contributed by atoms with Gasteiger partial charge in [0.2, 0.25) is 5.75 Å². The number of phenolic OH excluding ortho intramolecular Hbond substituents is 2. The number of aliphatic imine (C=N–C) groups is 1. The predicted octanol–water partition coefficient (Wildman–Crippen LogP) is 4.56. The van der Waals surface area contributed by atoms with Gasteiger partial charge in [-0.15, -0.1) is 0 Å². The second-order valence-electron chi connectivity index (χ2n) is 6.27. The molecule has 30 heavy (non-hydrogen) atoms. The second-order valence-corrected chi connectivity index (χ2v) is 7.98. The fraction of sp³-hybridized carbons (Fsp3) is 0.143. The number of hydrogen-bond donors (Lipinski definition) is 2. The van der Waals surface area contributed by atoms with Gasteiger partial charge in [-0.2, -0.15) is 0 Å². The van der Waals surface area contributed by atoms with Crippen molar-refractivity contribution >= 4 is 55.8 Å². The molecule has 1 aliphatic heterocycles. The SMILES string of the molecule is COc1c(O)ccc(/C=C2N=C(/C=C/c3cc(Br)c(O)c(Br)c3)N(C)C\2=O)c1OC. The molecule has 156 valence electrons. The van der Waals surface area contributed by atoms with Gasteiger partial charge < -0.3 is 19.7 Å². The summed E-state index contributed by atoms with van der Waals surface area (Å²) in [7, 11) is 4.50. The molecule has 2 aromatic rings. The molecule has 0 saturated heterocycles. The number of rotatable bonds is 5. The van der Waals surface area contributed by atoms with Gasteiger partial charge in [-0.05, 0) is 73.8 Å². The van der Waals surface area contributed by atoms with E-state index in [1.807, 2.05) is 0 Å². The molecule has 1 heterocycles. The summed E-state index contributed by atoms with van der Waals surface area (Å²) in [6.45, 7) is 0. The van der Waals surface area contributed by atoms with Crippen LogP contribution in [0.25, 0.3) is 12.2 Å². The van der Waals surface area contributed by atoms with Crippen molar-refractivity contribution in [1.82, 2.24) is 4.90 Å². The summed E-state index contributed by atoms with van der Waals surface area (Å²) in [6, 6.07) is 6.57. The maximum absolute atomic E-state index is 12.6. The third-order valence-corrected chi connectivity index (χ3v) is 5.60. The largest absolute Gasteiger partial charge is 0.506 e. The van der Waals surface area contributed by atoms with Crippen LogP contribution in [0.3, 0.4) is 0 Å². The van der Waals surface area contributed by atoms with Gasteiger partial charge in [0.15, 0.2) is 11.5 Å². The van der Waals surface area contributed by atoms with E-state index in [0.29, 0.717) is 26.1 Å². The van der Waals surface area contributed by atoms with Crippen molar-refractivity contribution in [3.63, 3.8) is 0 Å². The van der Waals surface area contributed by atoms with E-state index >= 15 is 0 Å². The van der Waals surface area contributed by atoms with Crippen LogP contribution in [-0.2, 0) is 4.79 Å². The molecule has 0 saturated carbocycles. The highest BCUT2D eigenvalue weighted by Gasteiger charge is 2.26. The molecule has 1 aliphatic rings. The number of carbonyl (C=O) groups excluding carboxylic acids is 1. The van der Waals surface area contributed by atoms with E-state index in [0.717, 1.165) is 5.56 Å². The van der Waals surface area contributed by atoms with Gasteiger partial charge >= 0.3 is 0 Å². The first kappa shape index (κ1) is 21.9. The van der Waals surface area contributed by atoms with E-state index in [4.69, 9.17) is 9.47 Å². The molecule has 9 heteroatoms. The Morgan fingerprint density at radius 2 is 1.67 bits per heavy atom. The zero-order chi connectivity index (χ0) is 22.0. The Labute approximate surface area is 190 Å². The van der Waals surface area contributed by atoms with Crippen molar-refractivity contribution in [1.29, 1.82) is 0 Å². The average molecular weight is 538 g/mol. The molecule has 0 atom stereocenters. The summed E-state index contributed by atoms with van der Waals surface area (Å²) in [5.74, 6) is 0.704. The number of carbonyl (C=O) groups is 1. The van der Waals surface area contributed by atoms with Crippen molar-refractivity contribution in [2.75, 3.05) is 21.3 Å². The monoisotopic (exact) mass is 536 g/mol. The van der Waals surface area contributed by atoms with Crippen LogP contribution in [0.15, 0.2) is 50.0 Å². The summed E-state index contributed by atoms with van der Waals surface area (Å²) < 4.78 is 11.6.